The van der Waals surface area contributed by atoms with Crippen LogP contribution in [0, 0.1) is 11.6 Å². The molecule has 1 atom stereocenters. The van der Waals surface area contributed by atoms with E-state index in [0.717, 1.165) is 12.1 Å². The van der Waals surface area contributed by atoms with Gasteiger partial charge in [-0.3, -0.25) is 4.79 Å². The van der Waals surface area contributed by atoms with Gasteiger partial charge in [0.25, 0.3) is 0 Å². The van der Waals surface area contributed by atoms with E-state index in [1.54, 1.807) is 0 Å². The number of carbonyl (C=O) groups is 1. The van der Waals surface area contributed by atoms with E-state index in [2.05, 4.69) is 0 Å². The summed E-state index contributed by atoms with van der Waals surface area (Å²) in [6.07, 6.45) is -0.275. The van der Waals surface area contributed by atoms with Crippen molar-refractivity contribution in [1.82, 2.24) is 0 Å². The van der Waals surface area contributed by atoms with E-state index in [1.165, 1.54) is 0 Å². The van der Waals surface area contributed by atoms with Gasteiger partial charge in [-0.25, -0.2) is 8.78 Å². The highest BCUT2D eigenvalue weighted by Crippen LogP contribution is 2.17. The molecule has 0 bridgehead atoms. The first-order chi connectivity index (χ1) is 7.49. The Bertz CT molecular complexity index is 384. The van der Waals surface area contributed by atoms with Gasteiger partial charge in [-0.1, -0.05) is 0 Å². The third-order valence-corrected chi connectivity index (χ3v) is 1.78. The molecule has 88 valence electrons. The quantitative estimate of drug-likeness (QED) is 0.797. The van der Waals surface area contributed by atoms with Crippen LogP contribution >= 0.6 is 0 Å². The molecule has 1 aromatic carbocycles. The van der Waals surface area contributed by atoms with E-state index in [0.29, 0.717) is 6.07 Å². The van der Waals surface area contributed by atoms with Gasteiger partial charge < -0.3 is 15.6 Å². The molecule has 3 N–H and O–H groups in total. The van der Waals surface area contributed by atoms with Crippen LogP contribution in [0.1, 0.15) is 6.42 Å². The number of halogens is 2. The van der Waals surface area contributed by atoms with Crippen LogP contribution in [0.2, 0.25) is 0 Å². The first-order valence-corrected chi connectivity index (χ1v) is 4.54. The average Bonchev–Trinajstić information content (AvgIpc) is 2.15. The van der Waals surface area contributed by atoms with Crippen molar-refractivity contribution in [3.63, 3.8) is 0 Å². The second-order valence-electron chi connectivity index (χ2n) is 3.24. The molecule has 16 heavy (non-hydrogen) atoms. The molecular weight excluding hydrogens is 220 g/mol. The van der Waals surface area contributed by atoms with E-state index in [9.17, 15) is 13.6 Å². The number of aliphatic carboxylic acids is 1. The van der Waals surface area contributed by atoms with Crippen LogP contribution < -0.4 is 10.5 Å². The standard InChI is InChI=1S/C10H11F2NO3/c11-6-1-2-9(8(12)3-6)16-5-7(13)4-10(14)15/h1-3,7H,4-5,13H2,(H,14,15). The lowest BCUT2D eigenvalue weighted by Gasteiger charge is -2.11. The van der Waals surface area contributed by atoms with Gasteiger partial charge in [0.05, 0.1) is 6.42 Å². The lowest BCUT2D eigenvalue weighted by molar-refractivity contribution is -0.137. The molecule has 0 aliphatic heterocycles. The summed E-state index contributed by atoms with van der Waals surface area (Å²) in [6.45, 7) is -0.144. The number of rotatable bonds is 5. The summed E-state index contributed by atoms with van der Waals surface area (Å²) >= 11 is 0. The monoisotopic (exact) mass is 231 g/mol. The van der Waals surface area contributed by atoms with Crippen LogP contribution in [0.3, 0.4) is 0 Å². The Kier molecular flexibility index (Phi) is 4.19. The van der Waals surface area contributed by atoms with Crippen LogP contribution in [0.4, 0.5) is 8.78 Å². The van der Waals surface area contributed by atoms with E-state index >= 15 is 0 Å². The second kappa shape index (κ2) is 5.41. The van der Waals surface area contributed by atoms with Gasteiger partial charge >= 0.3 is 5.97 Å². The zero-order valence-corrected chi connectivity index (χ0v) is 8.32. The number of hydrogen-bond donors (Lipinski definition) is 2. The Morgan fingerprint density at radius 3 is 2.75 bits per heavy atom. The van der Waals surface area contributed by atoms with Crippen molar-refractivity contribution >= 4 is 5.97 Å². The van der Waals surface area contributed by atoms with E-state index in [1.807, 2.05) is 0 Å². The first-order valence-electron chi connectivity index (χ1n) is 4.54. The molecule has 0 aromatic heterocycles. The van der Waals surface area contributed by atoms with Crippen molar-refractivity contribution in [3.8, 4) is 5.75 Å². The van der Waals surface area contributed by atoms with Crippen LogP contribution in [0.5, 0.6) is 5.75 Å². The molecule has 0 radical (unpaired) electrons. The molecule has 4 nitrogen and oxygen atoms in total. The maximum atomic E-state index is 13.0. The molecule has 1 rings (SSSR count). The minimum atomic E-state index is -1.06. The van der Waals surface area contributed by atoms with E-state index in [-0.39, 0.29) is 18.8 Å². The number of hydrogen-bond acceptors (Lipinski definition) is 3. The van der Waals surface area contributed by atoms with Gasteiger partial charge in [0.2, 0.25) is 0 Å². The number of carboxylic acids is 1. The summed E-state index contributed by atoms with van der Waals surface area (Å²) in [5.74, 6) is -2.76. The fraction of sp³-hybridized carbons (Fsp3) is 0.300. The molecule has 0 amide bonds. The number of benzene rings is 1. The molecular formula is C10H11F2NO3. The van der Waals surface area contributed by atoms with Gasteiger partial charge in [0, 0.05) is 12.1 Å². The summed E-state index contributed by atoms with van der Waals surface area (Å²) in [5, 5.41) is 8.41. The van der Waals surface area contributed by atoms with Crippen molar-refractivity contribution in [3.05, 3.63) is 29.8 Å². The SMILES string of the molecule is NC(COc1ccc(F)cc1F)CC(=O)O. The van der Waals surface area contributed by atoms with Crippen molar-refractivity contribution in [2.45, 2.75) is 12.5 Å². The largest absolute Gasteiger partial charge is 0.489 e. The molecule has 0 aliphatic rings. The van der Waals surface area contributed by atoms with Crippen molar-refractivity contribution in [1.29, 1.82) is 0 Å². The lowest BCUT2D eigenvalue weighted by atomic mass is 10.2. The molecule has 1 unspecified atom stereocenters. The fourth-order valence-electron chi connectivity index (χ4n) is 1.07. The molecule has 0 saturated carbocycles. The van der Waals surface area contributed by atoms with Crippen LogP contribution in [-0.4, -0.2) is 23.7 Å². The minimum absolute atomic E-state index is 0.144. The molecule has 0 aliphatic carbocycles. The topological polar surface area (TPSA) is 72.5 Å². The Balaban J connectivity index is 2.51. The summed E-state index contributed by atoms with van der Waals surface area (Å²) in [5.41, 5.74) is 5.40. The highest BCUT2D eigenvalue weighted by molar-refractivity contribution is 5.67. The summed E-state index contributed by atoms with van der Waals surface area (Å²) in [6, 6.07) is 2.11. The van der Waals surface area contributed by atoms with Crippen LogP contribution in [-0.2, 0) is 4.79 Å². The van der Waals surface area contributed by atoms with Gasteiger partial charge in [-0.15, -0.1) is 0 Å². The third-order valence-electron chi connectivity index (χ3n) is 1.78. The summed E-state index contributed by atoms with van der Waals surface area (Å²) in [7, 11) is 0. The Hall–Kier alpha value is -1.69. The zero-order valence-electron chi connectivity index (χ0n) is 8.32. The highest BCUT2D eigenvalue weighted by Gasteiger charge is 2.10. The molecule has 0 heterocycles. The summed E-state index contributed by atoms with van der Waals surface area (Å²) < 4.78 is 30.5. The normalized spacial score (nSPS) is 12.2. The third kappa shape index (κ3) is 3.82. The first kappa shape index (κ1) is 12.4. The number of carboxylic acid groups (broad SMARTS) is 1. The molecule has 1 aromatic rings. The van der Waals surface area contributed by atoms with Crippen LogP contribution in [0.25, 0.3) is 0 Å². The maximum absolute atomic E-state index is 13.0. The lowest BCUT2D eigenvalue weighted by Crippen LogP contribution is -2.30. The Labute approximate surface area is 90.6 Å². The Morgan fingerprint density at radius 2 is 2.19 bits per heavy atom. The predicted octanol–water partition coefficient (Wildman–Crippen LogP) is 1.15. The van der Waals surface area contributed by atoms with Gasteiger partial charge in [-0.05, 0) is 12.1 Å². The minimum Gasteiger partial charge on any atom is -0.489 e. The summed E-state index contributed by atoms with van der Waals surface area (Å²) in [4.78, 5) is 10.3. The van der Waals surface area contributed by atoms with Crippen molar-refractivity contribution < 1.29 is 23.4 Å². The van der Waals surface area contributed by atoms with Gasteiger partial charge in [0.1, 0.15) is 12.4 Å². The smallest absolute Gasteiger partial charge is 0.305 e. The molecule has 0 fully saturated rings. The zero-order chi connectivity index (χ0) is 12.1. The van der Waals surface area contributed by atoms with Crippen LogP contribution in [0.15, 0.2) is 18.2 Å². The molecule has 0 spiro atoms. The number of nitrogens with two attached hydrogens (primary N) is 1. The fourth-order valence-corrected chi connectivity index (χ4v) is 1.07. The highest BCUT2D eigenvalue weighted by atomic mass is 19.1. The predicted molar refractivity (Wildman–Crippen MR) is 52.1 cm³/mol. The molecule has 0 saturated heterocycles. The van der Waals surface area contributed by atoms with E-state index in [4.69, 9.17) is 15.6 Å². The maximum Gasteiger partial charge on any atom is 0.305 e. The van der Waals surface area contributed by atoms with Crippen molar-refractivity contribution in [2.75, 3.05) is 6.61 Å². The van der Waals surface area contributed by atoms with E-state index < -0.39 is 23.6 Å². The van der Waals surface area contributed by atoms with Crippen molar-refractivity contribution in [2.24, 2.45) is 5.73 Å². The molecule has 6 heteroatoms. The average molecular weight is 231 g/mol. The second-order valence-corrected chi connectivity index (χ2v) is 3.24. The Morgan fingerprint density at radius 1 is 1.50 bits per heavy atom. The van der Waals surface area contributed by atoms with Gasteiger partial charge in [0.15, 0.2) is 11.6 Å². The number of ether oxygens (including phenoxy) is 1. The van der Waals surface area contributed by atoms with Gasteiger partial charge in [-0.2, -0.15) is 0 Å².